The van der Waals surface area contributed by atoms with E-state index < -0.39 is 22.0 Å². The van der Waals surface area contributed by atoms with Gasteiger partial charge in [0.05, 0.1) is 5.92 Å². The third kappa shape index (κ3) is 3.06. The van der Waals surface area contributed by atoms with Gasteiger partial charge in [-0.3, -0.25) is 4.79 Å². The molecule has 1 aromatic carbocycles. The van der Waals surface area contributed by atoms with Crippen LogP contribution in [0.3, 0.4) is 0 Å². The van der Waals surface area contributed by atoms with Crippen molar-refractivity contribution in [1.82, 2.24) is 0 Å². The maximum absolute atomic E-state index is 11.6. The predicted molar refractivity (Wildman–Crippen MR) is 59.3 cm³/mol. The average molecular weight is 242 g/mol. The first-order valence-electron chi connectivity index (χ1n) is 4.88. The summed E-state index contributed by atoms with van der Waals surface area (Å²) in [6.45, 7) is 5.00. The van der Waals surface area contributed by atoms with Crippen LogP contribution in [0.5, 0.6) is 0 Å². The van der Waals surface area contributed by atoms with Crippen molar-refractivity contribution in [2.45, 2.75) is 25.7 Å². The average Bonchev–Trinajstić information content (AvgIpc) is 2.17. The molecular weight excluding hydrogens is 228 g/mol. The van der Waals surface area contributed by atoms with Crippen LogP contribution in [0.25, 0.3) is 0 Å². The molecule has 0 aliphatic rings. The molecule has 88 valence electrons. The molecule has 0 unspecified atom stereocenters. The largest absolute Gasteiger partial charge is 0.342 e. The van der Waals surface area contributed by atoms with Crippen LogP contribution in [0.2, 0.25) is 0 Å². The topological polar surface area (TPSA) is 60.4 Å². The molecule has 4 nitrogen and oxygen atoms in total. The van der Waals surface area contributed by atoms with Crippen LogP contribution in [0.4, 0.5) is 0 Å². The Hall–Kier alpha value is -1.36. The fourth-order valence-electron chi connectivity index (χ4n) is 0.957. The summed E-state index contributed by atoms with van der Waals surface area (Å²) in [5.41, 5.74) is 0.939. The third-order valence-corrected chi connectivity index (χ3v) is 3.21. The molecule has 0 saturated carbocycles. The monoisotopic (exact) mass is 242 g/mol. The van der Waals surface area contributed by atoms with E-state index in [1.54, 1.807) is 26.0 Å². The van der Waals surface area contributed by atoms with Gasteiger partial charge in [-0.05, 0) is 19.1 Å². The van der Waals surface area contributed by atoms with Gasteiger partial charge in [0.25, 0.3) is 0 Å². The Balaban J connectivity index is 2.95. The van der Waals surface area contributed by atoms with Crippen LogP contribution in [-0.4, -0.2) is 14.4 Å². The van der Waals surface area contributed by atoms with E-state index in [-0.39, 0.29) is 4.90 Å². The van der Waals surface area contributed by atoms with Crippen LogP contribution >= 0.6 is 0 Å². The summed E-state index contributed by atoms with van der Waals surface area (Å²) in [5, 5.41) is 0. The summed E-state index contributed by atoms with van der Waals surface area (Å²) in [6.07, 6.45) is 0. The van der Waals surface area contributed by atoms with E-state index in [0.29, 0.717) is 0 Å². The van der Waals surface area contributed by atoms with E-state index in [2.05, 4.69) is 4.18 Å². The van der Waals surface area contributed by atoms with Crippen molar-refractivity contribution >= 4 is 16.1 Å². The quantitative estimate of drug-likeness (QED) is 0.759. The lowest BCUT2D eigenvalue weighted by Gasteiger charge is -2.07. The van der Waals surface area contributed by atoms with Gasteiger partial charge in [-0.1, -0.05) is 31.5 Å². The highest BCUT2D eigenvalue weighted by molar-refractivity contribution is 7.87. The van der Waals surface area contributed by atoms with Gasteiger partial charge in [-0.15, -0.1) is 0 Å². The fourth-order valence-corrected chi connectivity index (χ4v) is 1.93. The molecule has 16 heavy (non-hydrogen) atoms. The van der Waals surface area contributed by atoms with Crippen molar-refractivity contribution in [3.05, 3.63) is 29.8 Å². The molecule has 0 spiro atoms. The Bertz CT molecular complexity index is 471. The number of hydrogen-bond donors (Lipinski definition) is 0. The lowest BCUT2D eigenvalue weighted by Crippen LogP contribution is -2.17. The number of carbonyl (C=O) groups is 1. The summed E-state index contributed by atoms with van der Waals surface area (Å²) in [7, 11) is -3.97. The third-order valence-electron chi connectivity index (χ3n) is 1.97. The molecule has 1 rings (SSSR count). The molecule has 0 fully saturated rings. The lowest BCUT2D eigenvalue weighted by atomic mass is 10.2. The molecule has 0 aromatic heterocycles. The minimum absolute atomic E-state index is 0.00731. The molecule has 1 aromatic rings. The van der Waals surface area contributed by atoms with Crippen molar-refractivity contribution < 1.29 is 17.4 Å². The first-order chi connectivity index (χ1) is 7.33. The van der Waals surface area contributed by atoms with Gasteiger partial charge in [0, 0.05) is 0 Å². The molecule has 0 N–H and O–H groups in total. The second-order valence-electron chi connectivity index (χ2n) is 3.82. The lowest BCUT2D eigenvalue weighted by molar-refractivity contribution is -0.137. The first kappa shape index (κ1) is 12.7. The smallest absolute Gasteiger partial charge is 0.341 e. The second-order valence-corrected chi connectivity index (χ2v) is 5.37. The number of aryl methyl sites for hydroxylation is 1. The number of rotatable bonds is 3. The summed E-state index contributed by atoms with van der Waals surface area (Å²) < 4.78 is 27.7. The summed E-state index contributed by atoms with van der Waals surface area (Å²) in [6, 6.07) is 6.13. The van der Waals surface area contributed by atoms with E-state index in [4.69, 9.17) is 0 Å². The van der Waals surface area contributed by atoms with Crippen molar-refractivity contribution in [2.75, 3.05) is 0 Å². The zero-order valence-corrected chi connectivity index (χ0v) is 10.2. The Morgan fingerprint density at radius 1 is 1.19 bits per heavy atom. The van der Waals surface area contributed by atoms with Gasteiger partial charge in [0.15, 0.2) is 0 Å². The van der Waals surface area contributed by atoms with Gasteiger partial charge >= 0.3 is 16.1 Å². The first-order valence-corrected chi connectivity index (χ1v) is 6.29. The fraction of sp³-hybridized carbons (Fsp3) is 0.364. The van der Waals surface area contributed by atoms with Crippen LogP contribution in [0.1, 0.15) is 19.4 Å². The SMILES string of the molecule is Cc1ccc(S(=O)(=O)OC(=O)C(C)C)cc1. The minimum atomic E-state index is -3.97. The summed E-state index contributed by atoms with van der Waals surface area (Å²) in [4.78, 5) is 11.2. The molecule has 0 aliphatic carbocycles. The van der Waals surface area contributed by atoms with E-state index in [9.17, 15) is 13.2 Å². The van der Waals surface area contributed by atoms with Crippen molar-refractivity contribution in [2.24, 2.45) is 5.92 Å². The molecule has 0 radical (unpaired) electrons. The highest BCUT2D eigenvalue weighted by Gasteiger charge is 2.21. The number of hydrogen-bond acceptors (Lipinski definition) is 4. The second kappa shape index (κ2) is 4.65. The minimum Gasteiger partial charge on any atom is -0.342 e. The van der Waals surface area contributed by atoms with Gasteiger partial charge in [-0.25, -0.2) is 0 Å². The molecule has 0 saturated heterocycles. The number of benzene rings is 1. The van der Waals surface area contributed by atoms with Crippen LogP contribution in [0.15, 0.2) is 29.2 Å². The molecular formula is C11H14O4S. The summed E-state index contributed by atoms with van der Waals surface area (Å²) in [5.74, 6) is -1.22. The van der Waals surface area contributed by atoms with Crippen LogP contribution < -0.4 is 0 Å². The molecule has 0 aliphatic heterocycles. The maximum atomic E-state index is 11.6. The normalized spacial score (nSPS) is 11.5. The maximum Gasteiger partial charge on any atom is 0.341 e. The zero-order valence-electron chi connectivity index (χ0n) is 9.43. The highest BCUT2D eigenvalue weighted by Crippen LogP contribution is 2.14. The molecule has 0 amide bonds. The Morgan fingerprint density at radius 3 is 2.12 bits per heavy atom. The van der Waals surface area contributed by atoms with Gasteiger partial charge < -0.3 is 4.18 Å². The standard InChI is InChI=1S/C11H14O4S/c1-8(2)11(12)15-16(13,14)10-6-4-9(3)5-7-10/h4-8H,1-3H3. The van der Waals surface area contributed by atoms with E-state index >= 15 is 0 Å². The van der Waals surface area contributed by atoms with Crippen LogP contribution in [-0.2, 0) is 19.1 Å². The van der Waals surface area contributed by atoms with Crippen molar-refractivity contribution in [3.8, 4) is 0 Å². The van der Waals surface area contributed by atoms with Crippen molar-refractivity contribution in [3.63, 3.8) is 0 Å². The van der Waals surface area contributed by atoms with Gasteiger partial charge in [-0.2, -0.15) is 8.42 Å². The van der Waals surface area contributed by atoms with E-state index in [1.165, 1.54) is 12.1 Å². The Labute approximate surface area is 95.4 Å². The molecule has 5 heteroatoms. The highest BCUT2D eigenvalue weighted by atomic mass is 32.2. The number of carbonyl (C=O) groups excluding carboxylic acids is 1. The zero-order chi connectivity index (χ0) is 12.3. The molecule has 0 bridgehead atoms. The molecule has 0 heterocycles. The Kier molecular flexibility index (Phi) is 3.70. The van der Waals surface area contributed by atoms with Crippen LogP contribution in [0, 0.1) is 12.8 Å². The van der Waals surface area contributed by atoms with E-state index in [0.717, 1.165) is 5.56 Å². The van der Waals surface area contributed by atoms with Gasteiger partial charge in [0.1, 0.15) is 4.90 Å². The summed E-state index contributed by atoms with van der Waals surface area (Å²) >= 11 is 0. The Morgan fingerprint density at radius 2 is 1.69 bits per heavy atom. The predicted octanol–water partition coefficient (Wildman–Crippen LogP) is 1.88. The van der Waals surface area contributed by atoms with E-state index in [1.807, 2.05) is 6.92 Å². The molecule has 0 atom stereocenters. The van der Waals surface area contributed by atoms with Crippen molar-refractivity contribution in [1.29, 1.82) is 0 Å². The van der Waals surface area contributed by atoms with Gasteiger partial charge in [0.2, 0.25) is 0 Å².